The number of hydrogen-bond donors (Lipinski definition) is 1. The van der Waals surface area contributed by atoms with E-state index in [1.54, 1.807) is 6.92 Å². The van der Waals surface area contributed by atoms with E-state index in [2.05, 4.69) is 34.3 Å². The first-order valence-electron chi connectivity index (χ1n) is 8.92. The molecule has 2 nitrogen and oxygen atoms in total. The molecule has 0 heterocycles. The lowest BCUT2D eigenvalue weighted by atomic mass is 10.1. The zero-order valence-corrected chi connectivity index (χ0v) is 17.9. The third-order valence-corrected chi connectivity index (χ3v) is 2.88. The summed E-state index contributed by atoms with van der Waals surface area (Å²) in [7, 11) is 0. The van der Waals surface area contributed by atoms with Crippen LogP contribution < -0.4 is 5.73 Å². The topological polar surface area (TPSA) is 43.1 Å². The predicted octanol–water partition coefficient (Wildman–Crippen LogP) is 7.23. The summed E-state index contributed by atoms with van der Waals surface area (Å²) in [6.07, 6.45) is 15.7. The minimum Gasteiger partial charge on any atom is -0.366 e. The van der Waals surface area contributed by atoms with Crippen LogP contribution in [0, 0.1) is 0 Å². The molecule has 23 heavy (non-hydrogen) atoms. The number of unbranched alkanes of at least 4 members (excludes halogenated alkanes) is 9. The molecule has 0 radical (unpaired) electrons. The zero-order chi connectivity index (χ0) is 16.9. The molecule has 0 saturated heterocycles. The van der Waals surface area contributed by atoms with E-state index in [1.165, 1.54) is 70.6 Å². The zero-order valence-electron chi connectivity index (χ0n) is 16.3. The lowest BCUT2D eigenvalue weighted by molar-refractivity contribution is -0.114. The van der Waals surface area contributed by atoms with Crippen LogP contribution in [0.15, 0.2) is 12.2 Å². The van der Waals surface area contributed by atoms with Gasteiger partial charge in [-0.2, -0.15) is 0 Å². The molecule has 1 amide bonds. The van der Waals surface area contributed by atoms with Crippen molar-refractivity contribution in [3.8, 4) is 0 Å². The average Bonchev–Trinajstić information content (AvgIpc) is 2.43. The summed E-state index contributed by atoms with van der Waals surface area (Å²) < 4.78 is 0. The van der Waals surface area contributed by atoms with Crippen LogP contribution in [0.2, 0.25) is 0 Å². The van der Waals surface area contributed by atoms with E-state index in [4.69, 9.17) is 5.73 Å². The Bertz CT molecular complexity index is 199. The van der Waals surface area contributed by atoms with Gasteiger partial charge in [0.05, 0.1) is 0 Å². The highest BCUT2D eigenvalue weighted by atomic mass is 35.5. The molecule has 0 saturated carbocycles. The Balaban J connectivity index is -0.0000000836. The molecule has 0 bridgehead atoms. The van der Waals surface area contributed by atoms with E-state index in [0.29, 0.717) is 5.57 Å². The Morgan fingerprint density at radius 1 is 0.739 bits per heavy atom. The molecule has 0 unspecified atom stereocenters. The molecule has 0 aromatic heterocycles. The fourth-order valence-electron chi connectivity index (χ4n) is 1.56. The molecule has 0 aliphatic carbocycles. The van der Waals surface area contributed by atoms with Crippen LogP contribution in [0.5, 0.6) is 0 Å². The highest BCUT2D eigenvalue weighted by Gasteiger charge is 1.90. The highest BCUT2D eigenvalue weighted by Crippen LogP contribution is 2.09. The first kappa shape index (κ1) is 34.2. The summed E-state index contributed by atoms with van der Waals surface area (Å²) in [5.74, 6) is -0.435. The van der Waals surface area contributed by atoms with Crippen molar-refractivity contribution in [3.63, 3.8) is 0 Å². The van der Waals surface area contributed by atoms with Gasteiger partial charge in [0.2, 0.25) is 5.91 Å². The minimum atomic E-state index is -0.435. The van der Waals surface area contributed by atoms with Crippen LogP contribution in [0.4, 0.5) is 0 Å². The number of primary amides is 1. The van der Waals surface area contributed by atoms with Gasteiger partial charge < -0.3 is 5.73 Å². The Morgan fingerprint density at radius 2 is 0.913 bits per heavy atom. The maximum Gasteiger partial charge on any atom is 0.243 e. The fraction of sp³-hybridized carbons (Fsp3) is 0.842. The van der Waals surface area contributed by atoms with Gasteiger partial charge in [-0.05, 0) is 6.92 Å². The highest BCUT2D eigenvalue weighted by molar-refractivity contribution is 5.90. The summed E-state index contributed by atoms with van der Waals surface area (Å²) in [6.45, 7) is 13.7. The fourth-order valence-corrected chi connectivity index (χ4v) is 1.56. The van der Waals surface area contributed by atoms with Crippen molar-refractivity contribution in [1.29, 1.82) is 0 Å². The molecule has 144 valence electrons. The van der Waals surface area contributed by atoms with Crippen molar-refractivity contribution in [1.82, 2.24) is 0 Å². The molecule has 0 aliphatic heterocycles. The van der Waals surface area contributed by atoms with Gasteiger partial charge in [-0.25, -0.2) is 0 Å². The van der Waals surface area contributed by atoms with Gasteiger partial charge in [0.1, 0.15) is 0 Å². The van der Waals surface area contributed by atoms with Crippen molar-refractivity contribution in [2.45, 2.75) is 105 Å². The summed E-state index contributed by atoms with van der Waals surface area (Å²) >= 11 is 0. The van der Waals surface area contributed by atoms with E-state index in [-0.39, 0.29) is 24.8 Å². The summed E-state index contributed by atoms with van der Waals surface area (Å²) in [5.41, 5.74) is 5.09. The summed E-state index contributed by atoms with van der Waals surface area (Å²) in [4.78, 5) is 9.82. The van der Waals surface area contributed by atoms with Gasteiger partial charge in [0, 0.05) is 5.57 Å². The number of halogens is 2. The van der Waals surface area contributed by atoms with Gasteiger partial charge in [0.25, 0.3) is 0 Å². The van der Waals surface area contributed by atoms with Crippen LogP contribution in [0.25, 0.3) is 0 Å². The molecule has 0 atom stereocenters. The quantitative estimate of drug-likeness (QED) is 0.319. The predicted molar refractivity (Wildman–Crippen MR) is 112 cm³/mol. The molecule has 0 rings (SSSR count). The number of carbonyl (C=O) groups is 1. The van der Waals surface area contributed by atoms with Crippen molar-refractivity contribution >= 4 is 30.7 Å². The SMILES string of the molecule is C=C(C)C(N)=O.CCC.CCCCCCCCCCCC.Cl.Cl. The molecule has 2 N–H and O–H groups in total. The van der Waals surface area contributed by atoms with Crippen LogP contribution in [-0.2, 0) is 4.79 Å². The largest absolute Gasteiger partial charge is 0.366 e. The van der Waals surface area contributed by atoms with E-state index < -0.39 is 5.91 Å². The van der Waals surface area contributed by atoms with Crippen LogP contribution in [0.1, 0.15) is 105 Å². The average molecular weight is 372 g/mol. The second-order valence-electron chi connectivity index (χ2n) is 5.68. The summed E-state index contributed by atoms with van der Waals surface area (Å²) in [6, 6.07) is 0. The lowest BCUT2D eigenvalue weighted by Gasteiger charge is -1.99. The minimum absolute atomic E-state index is 0. The van der Waals surface area contributed by atoms with Gasteiger partial charge in [-0.15, -0.1) is 24.8 Å². The monoisotopic (exact) mass is 371 g/mol. The lowest BCUT2D eigenvalue weighted by Crippen LogP contribution is -2.10. The Kier molecular flexibility index (Phi) is 49.7. The van der Waals surface area contributed by atoms with E-state index >= 15 is 0 Å². The van der Waals surface area contributed by atoms with Gasteiger partial charge >= 0.3 is 0 Å². The van der Waals surface area contributed by atoms with Crippen LogP contribution >= 0.6 is 24.8 Å². The van der Waals surface area contributed by atoms with Crippen LogP contribution in [-0.4, -0.2) is 5.91 Å². The number of nitrogens with two attached hydrogens (primary N) is 1. The molecule has 0 spiro atoms. The Labute approximate surface area is 158 Å². The third kappa shape index (κ3) is 52.2. The molecular formula is C19H43Cl2NO. The third-order valence-electron chi connectivity index (χ3n) is 2.88. The van der Waals surface area contributed by atoms with Crippen molar-refractivity contribution in [2.24, 2.45) is 5.73 Å². The van der Waals surface area contributed by atoms with Gasteiger partial charge in [-0.3, -0.25) is 4.79 Å². The molecule has 0 aromatic carbocycles. The number of rotatable bonds is 10. The van der Waals surface area contributed by atoms with Gasteiger partial charge in [0.15, 0.2) is 0 Å². The first-order valence-corrected chi connectivity index (χ1v) is 8.92. The molecule has 0 aliphatic rings. The maximum atomic E-state index is 9.82. The van der Waals surface area contributed by atoms with Crippen LogP contribution in [0.3, 0.4) is 0 Å². The normalized spacial score (nSPS) is 8.22. The summed E-state index contributed by atoms with van der Waals surface area (Å²) in [5, 5.41) is 0. The van der Waals surface area contributed by atoms with Crippen molar-refractivity contribution < 1.29 is 4.79 Å². The Hall–Kier alpha value is -0.210. The Morgan fingerprint density at radius 3 is 1.04 bits per heavy atom. The maximum absolute atomic E-state index is 9.82. The van der Waals surface area contributed by atoms with Gasteiger partial charge in [-0.1, -0.05) is 105 Å². The standard InChI is InChI=1S/C12H26.C4H7NO.C3H8.2ClH/c1-3-5-7-9-11-12-10-8-6-4-2;1-3(2)4(5)6;1-3-2;;/h3-12H2,1-2H3;1H2,2H3,(H2,5,6);3H2,1-2H3;2*1H. The number of amides is 1. The molecule has 4 heteroatoms. The molecule has 0 fully saturated rings. The molecular weight excluding hydrogens is 329 g/mol. The van der Waals surface area contributed by atoms with Crippen molar-refractivity contribution in [2.75, 3.05) is 0 Å². The first-order chi connectivity index (χ1) is 9.97. The smallest absolute Gasteiger partial charge is 0.243 e. The van der Waals surface area contributed by atoms with Crippen molar-refractivity contribution in [3.05, 3.63) is 12.2 Å². The second kappa shape index (κ2) is 33.4. The number of hydrogen-bond acceptors (Lipinski definition) is 1. The number of carbonyl (C=O) groups excluding carboxylic acids is 1. The second-order valence-corrected chi connectivity index (χ2v) is 5.68. The molecule has 0 aromatic rings. The van der Waals surface area contributed by atoms with E-state index in [9.17, 15) is 4.79 Å². The van der Waals surface area contributed by atoms with E-state index in [1.807, 2.05) is 0 Å². The van der Waals surface area contributed by atoms with E-state index in [0.717, 1.165) is 0 Å².